The molecule has 2 N–H and O–H groups in total. The van der Waals surface area contributed by atoms with Gasteiger partial charge in [0.15, 0.2) is 5.65 Å². The Kier molecular flexibility index (Phi) is 3.45. The number of aryl methyl sites for hydroxylation is 1. The summed E-state index contributed by atoms with van der Waals surface area (Å²) in [5.74, 6) is -0.216. The molecular weight excluding hydrogens is 329 g/mol. The number of nitrogens with one attached hydrogen (secondary N) is 2. The van der Waals surface area contributed by atoms with Crippen LogP contribution in [-0.4, -0.2) is 46.1 Å². The number of fused-ring (bicyclic) bond motifs is 1. The van der Waals surface area contributed by atoms with Gasteiger partial charge >= 0.3 is 0 Å². The van der Waals surface area contributed by atoms with Crippen molar-refractivity contribution < 1.29 is 9.18 Å². The lowest BCUT2D eigenvalue weighted by molar-refractivity contribution is -0.116. The van der Waals surface area contributed by atoms with Crippen molar-refractivity contribution in [3.8, 4) is 5.69 Å². The molecule has 0 aliphatic carbocycles. The minimum absolute atomic E-state index is 0.0291. The molecular formula is C14H12FN9O. The first-order valence-corrected chi connectivity index (χ1v) is 7.32. The molecule has 0 aliphatic heterocycles. The van der Waals surface area contributed by atoms with Crippen LogP contribution < -0.4 is 5.32 Å². The zero-order chi connectivity index (χ0) is 17.4. The van der Waals surface area contributed by atoms with E-state index in [9.17, 15) is 9.18 Å². The maximum Gasteiger partial charge on any atom is 0.247 e. The van der Waals surface area contributed by atoms with Gasteiger partial charge in [-0.2, -0.15) is 10.2 Å². The first-order chi connectivity index (χ1) is 12.1. The second kappa shape index (κ2) is 5.78. The number of benzene rings is 1. The number of aromatic amines is 1. The van der Waals surface area contributed by atoms with Crippen LogP contribution in [0.1, 0.15) is 5.69 Å². The third-order valence-electron chi connectivity index (χ3n) is 3.59. The Hall–Kier alpha value is -3.63. The number of H-pyrrole nitrogens is 1. The highest BCUT2D eigenvalue weighted by Crippen LogP contribution is 2.26. The minimum Gasteiger partial charge on any atom is -0.309 e. The minimum atomic E-state index is -0.332. The Morgan fingerprint density at radius 3 is 2.84 bits per heavy atom. The van der Waals surface area contributed by atoms with Crippen LogP contribution in [0.3, 0.4) is 0 Å². The van der Waals surface area contributed by atoms with Crippen LogP contribution in [0.4, 0.5) is 10.2 Å². The van der Waals surface area contributed by atoms with Gasteiger partial charge in [0, 0.05) is 0 Å². The number of amides is 1. The van der Waals surface area contributed by atoms with E-state index in [1.807, 2.05) is 0 Å². The molecule has 0 aliphatic rings. The molecule has 0 fully saturated rings. The molecule has 3 heterocycles. The monoisotopic (exact) mass is 341 g/mol. The Labute approximate surface area is 139 Å². The maximum absolute atomic E-state index is 13.1. The van der Waals surface area contributed by atoms with Crippen LogP contribution >= 0.6 is 0 Å². The molecule has 4 rings (SSSR count). The molecule has 4 aromatic rings. The third-order valence-corrected chi connectivity index (χ3v) is 3.59. The van der Waals surface area contributed by atoms with E-state index in [2.05, 4.69) is 36.1 Å². The number of rotatable bonds is 4. The fourth-order valence-electron chi connectivity index (χ4n) is 2.51. The Morgan fingerprint density at radius 2 is 2.12 bits per heavy atom. The lowest BCUT2D eigenvalue weighted by Gasteiger charge is -2.01. The number of hydrogen-bond donors (Lipinski definition) is 2. The van der Waals surface area contributed by atoms with E-state index in [1.165, 1.54) is 23.1 Å². The summed E-state index contributed by atoms with van der Waals surface area (Å²) < 4.78 is 16.0. The number of hydrogen-bond acceptors (Lipinski definition) is 6. The van der Waals surface area contributed by atoms with Crippen molar-refractivity contribution >= 4 is 22.8 Å². The normalized spacial score (nSPS) is 11.1. The van der Waals surface area contributed by atoms with Gasteiger partial charge in [-0.15, -0.1) is 5.10 Å². The average Bonchev–Trinajstić information content (AvgIpc) is 3.29. The van der Waals surface area contributed by atoms with E-state index in [0.29, 0.717) is 28.2 Å². The van der Waals surface area contributed by atoms with Gasteiger partial charge in [0.05, 0.1) is 16.8 Å². The number of aromatic nitrogens is 8. The summed E-state index contributed by atoms with van der Waals surface area (Å²) in [6.45, 7) is 1.77. The zero-order valence-electron chi connectivity index (χ0n) is 13.0. The molecule has 10 nitrogen and oxygen atoms in total. The van der Waals surface area contributed by atoms with Gasteiger partial charge in [0.2, 0.25) is 5.91 Å². The molecule has 1 aromatic carbocycles. The topological polar surface area (TPSA) is 119 Å². The van der Waals surface area contributed by atoms with Gasteiger partial charge in [-0.05, 0) is 41.6 Å². The lowest BCUT2D eigenvalue weighted by atomic mass is 10.3. The van der Waals surface area contributed by atoms with Crippen molar-refractivity contribution in [1.82, 2.24) is 40.2 Å². The van der Waals surface area contributed by atoms with E-state index in [1.54, 1.807) is 23.7 Å². The van der Waals surface area contributed by atoms with Crippen molar-refractivity contribution in [2.24, 2.45) is 0 Å². The molecule has 0 saturated heterocycles. The first kappa shape index (κ1) is 14.9. The van der Waals surface area contributed by atoms with Gasteiger partial charge in [-0.3, -0.25) is 9.89 Å². The number of tetrazole rings is 1. The van der Waals surface area contributed by atoms with Crippen LogP contribution in [0.2, 0.25) is 0 Å². The molecule has 3 aromatic heterocycles. The molecule has 0 bridgehead atoms. The number of nitrogens with zero attached hydrogens (tertiary/aromatic N) is 7. The maximum atomic E-state index is 13.1. The molecule has 0 unspecified atom stereocenters. The van der Waals surface area contributed by atoms with E-state index >= 15 is 0 Å². The van der Waals surface area contributed by atoms with Crippen molar-refractivity contribution in [2.75, 3.05) is 5.32 Å². The fraction of sp³-hybridized carbons (Fsp3) is 0.143. The third kappa shape index (κ3) is 2.71. The summed E-state index contributed by atoms with van der Waals surface area (Å²) in [6.07, 6.45) is 1.35. The molecule has 0 spiro atoms. The molecule has 25 heavy (non-hydrogen) atoms. The highest BCUT2D eigenvalue weighted by atomic mass is 19.1. The largest absolute Gasteiger partial charge is 0.309 e. The standard InChI is InChI=1S/C14H12FN9O/c1-8-12-13(17-11(25)6-23-7-16-21-22-23)18-19-14(12)24(20-8)10-4-2-9(15)3-5-10/h2-5,7H,6H2,1H3,(H2,17,18,19,25). The van der Waals surface area contributed by atoms with Crippen LogP contribution in [0, 0.1) is 12.7 Å². The van der Waals surface area contributed by atoms with Crippen LogP contribution in [0.5, 0.6) is 0 Å². The molecule has 11 heteroatoms. The van der Waals surface area contributed by atoms with Crippen LogP contribution in [-0.2, 0) is 11.3 Å². The number of anilines is 1. The second-order valence-corrected chi connectivity index (χ2v) is 5.33. The van der Waals surface area contributed by atoms with Crippen molar-refractivity contribution in [3.63, 3.8) is 0 Å². The zero-order valence-corrected chi connectivity index (χ0v) is 13.0. The highest BCUT2D eigenvalue weighted by molar-refractivity contribution is 6.00. The Morgan fingerprint density at radius 1 is 1.32 bits per heavy atom. The van der Waals surface area contributed by atoms with Gasteiger partial charge in [0.1, 0.15) is 24.5 Å². The molecule has 1 amide bonds. The summed E-state index contributed by atoms with van der Waals surface area (Å²) in [4.78, 5) is 12.1. The average molecular weight is 341 g/mol. The van der Waals surface area contributed by atoms with Gasteiger partial charge < -0.3 is 5.32 Å². The quantitative estimate of drug-likeness (QED) is 0.567. The first-order valence-electron chi connectivity index (χ1n) is 7.32. The van der Waals surface area contributed by atoms with Crippen LogP contribution in [0.15, 0.2) is 30.6 Å². The van der Waals surface area contributed by atoms with Crippen molar-refractivity contribution in [1.29, 1.82) is 0 Å². The highest BCUT2D eigenvalue weighted by Gasteiger charge is 2.18. The van der Waals surface area contributed by atoms with E-state index in [4.69, 9.17) is 0 Å². The van der Waals surface area contributed by atoms with Gasteiger partial charge in [-0.1, -0.05) is 0 Å². The van der Waals surface area contributed by atoms with Gasteiger partial charge in [0.25, 0.3) is 0 Å². The number of carbonyl (C=O) groups excluding carboxylic acids is 1. The van der Waals surface area contributed by atoms with Crippen molar-refractivity contribution in [3.05, 3.63) is 42.1 Å². The molecule has 126 valence electrons. The van der Waals surface area contributed by atoms with E-state index < -0.39 is 0 Å². The number of halogens is 1. The fourth-order valence-corrected chi connectivity index (χ4v) is 2.51. The molecule has 0 saturated carbocycles. The Bertz CT molecular complexity index is 1030. The summed E-state index contributed by atoms with van der Waals surface area (Å²) in [6, 6.07) is 5.90. The summed E-state index contributed by atoms with van der Waals surface area (Å²) in [5, 5.41) is 25.4. The predicted molar refractivity (Wildman–Crippen MR) is 84.4 cm³/mol. The van der Waals surface area contributed by atoms with Crippen LogP contribution in [0.25, 0.3) is 16.7 Å². The Balaban J connectivity index is 1.65. The van der Waals surface area contributed by atoms with Gasteiger partial charge in [-0.25, -0.2) is 13.8 Å². The summed E-state index contributed by atoms with van der Waals surface area (Å²) in [5.41, 5.74) is 1.87. The predicted octanol–water partition coefficient (Wildman–Crippen LogP) is 0.821. The lowest BCUT2D eigenvalue weighted by Crippen LogP contribution is -2.19. The summed E-state index contributed by atoms with van der Waals surface area (Å²) in [7, 11) is 0. The van der Waals surface area contributed by atoms with E-state index in [-0.39, 0.29) is 18.3 Å². The number of carbonyl (C=O) groups is 1. The SMILES string of the molecule is Cc1nn(-c2ccc(F)cc2)c2n[nH]c(NC(=O)Cn3cnnn3)c12. The van der Waals surface area contributed by atoms with Crippen molar-refractivity contribution in [2.45, 2.75) is 13.5 Å². The smallest absolute Gasteiger partial charge is 0.247 e. The second-order valence-electron chi connectivity index (χ2n) is 5.33. The molecule has 0 radical (unpaired) electrons. The molecule has 0 atom stereocenters. The summed E-state index contributed by atoms with van der Waals surface area (Å²) >= 11 is 0. The van der Waals surface area contributed by atoms with E-state index in [0.717, 1.165) is 0 Å².